The van der Waals surface area contributed by atoms with Crippen molar-refractivity contribution in [3.8, 4) is 0 Å². The van der Waals surface area contributed by atoms with Gasteiger partial charge < -0.3 is 4.74 Å². The van der Waals surface area contributed by atoms with Crippen LogP contribution in [0.4, 0.5) is 11.4 Å². The second-order valence-corrected chi connectivity index (χ2v) is 5.32. The molecular weight excluding hydrogens is 292 g/mol. The van der Waals surface area contributed by atoms with E-state index in [4.69, 9.17) is 4.74 Å². The Hall–Kier alpha value is -2.51. The monoisotopic (exact) mass is 308 g/mol. The predicted molar refractivity (Wildman–Crippen MR) is 76.8 cm³/mol. The Balaban J connectivity index is 2.33. The molecule has 0 saturated heterocycles. The molecule has 1 aromatic rings. The van der Waals surface area contributed by atoms with Crippen LogP contribution in [-0.4, -0.2) is 21.9 Å². The Morgan fingerprint density at radius 3 is 2.32 bits per heavy atom. The van der Waals surface area contributed by atoms with Gasteiger partial charge in [-0.1, -0.05) is 6.42 Å². The number of esters is 1. The number of nitro benzene ring substituents is 2. The van der Waals surface area contributed by atoms with Crippen molar-refractivity contribution in [3.63, 3.8) is 0 Å². The van der Waals surface area contributed by atoms with Crippen LogP contribution in [0.15, 0.2) is 12.1 Å². The minimum atomic E-state index is -0.760. The molecule has 1 aliphatic carbocycles. The van der Waals surface area contributed by atoms with Gasteiger partial charge in [0.1, 0.15) is 6.10 Å². The van der Waals surface area contributed by atoms with Crippen LogP contribution in [0.3, 0.4) is 0 Å². The molecule has 22 heavy (non-hydrogen) atoms. The van der Waals surface area contributed by atoms with Gasteiger partial charge in [-0.25, -0.2) is 4.79 Å². The molecule has 1 fully saturated rings. The fraction of sp³-hybridized carbons (Fsp3) is 0.500. The molecule has 8 nitrogen and oxygen atoms in total. The van der Waals surface area contributed by atoms with Crippen molar-refractivity contribution in [2.45, 2.75) is 45.1 Å². The average Bonchev–Trinajstić information content (AvgIpc) is 2.47. The van der Waals surface area contributed by atoms with Gasteiger partial charge >= 0.3 is 5.97 Å². The van der Waals surface area contributed by atoms with Crippen molar-refractivity contribution in [3.05, 3.63) is 43.5 Å². The Morgan fingerprint density at radius 2 is 1.77 bits per heavy atom. The molecule has 0 unspecified atom stereocenters. The lowest BCUT2D eigenvalue weighted by atomic mass is 9.97. The molecular formula is C14H16N2O6. The van der Waals surface area contributed by atoms with E-state index >= 15 is 0 Å². The third-order valence-electron chi connectivity index (χ3n) is 3.82. The maximum Gasteiger partial charge on any atom is 0.339 e. The molecule has 0 N–H and O–H groups in total. The number of carbonyl (C=O) groups is 1. The molecule has 0 amide bonds. The van der Waals surface area contributed by atoms with Crippen LogP contribution >= 0.6 is 0 Å². The van der Waals surface area contributed by atoms with Gasteiger partial charge in [-0.15, -0.1) is 0 Å². The summed E-state index contributed by atoms with van der Waals surface area (Å²) in [5.74, 6) is -0.740. The second kappa shape index (κ2) is 6.50. The Labute approximate surface area is 126 Å². The number of hydrogen-bond donors (Lipinski definition) is 0. The van der Waals surface area contributed by atoms with E-state index in [1.165, 1.54) is 6.92 Å². The number of ether oxygens (including phenoxy) is 1. The summed E-state index contributed by atoms with van der Waals surface area (Å²) in [4.78, 5) is 32.6. The van der Waals surface area contributed by atoms with Gasteiger partial charge in [0.15, 0.2) is 0 Å². The highest BCUT2D eigenvalue weighted by molar-refractivity contribution is 5.93. The van der Waals surface area contributed by atoms with Crippen molar-refractivity contribution in [1.29, 1.82) is 0 Å². The first-order valence-corrected chi connectivity index (χ1v) is 7.04. The first-order valence-electron chi connectivity index (χ1n) is 7.04. The molecule has 0 spiro atoms. The predicted octanol–water partition coefficient (Wildman–Crippen LogP) is 3.30. The molecule has 0 atom stereocenters. The fourth-order valence-corrected chi connectivity index (χ4v) is 2.59. The van der Waals surface area contributed by atoms with Crippen LogP contribution in [0.2, 0.25) is 0 Å². The van der Waals surface area contributed by atoms with Crippen LogP contribution in [-0.2, 0) is 4.74 Å². The van der Waals surface area contributed by atoms with Gasteiger partial charge in [-0.3, -0.25) is 20.2 Å². The Bertz CT molecular complexity index is 622. The van der Waals surface area contributed by atoms with E-state index in [0.29, 0.717) is 0 Å². The van der Waals surface area contributed by atoms with Gasteiger partial charge in [-0.2, -0.15) is 0 Å². The number of rotatable bonds is 4. The van der Waals surface area contributed by atoms with Crippen LogP contribution in [0.25, 0.3) is 0 Å². The molecule has 1 aliphatic rings. The summed E-state index contributed by atoms with van der Waals surface area (Å²) in [5.41, 5.74) is -0.986. The normalized spacial score (nSPS) is 15.3. The van der Waals surface area contributed by atoms with Crippen LogP contribution in [0, 0.1) is 27.2 Å². The van der Waals surface area contributed by atoms with Gasteiger partial charge in [0.2, 0.25) is 0 Å². The summed E-state index contributed by atoms with van der Waals surface area (Å²) in [7, 11) is 0. The van der Waals surface area contributed by atoms with Gasteiger partial charge in [0.25, 0.3) is 11.4 Å². The van der Waals surface area contributed by atoms with Crippen molar-refractivity contribution < 1.29 is 19.4 Å². The molecule has 0 aliphatic heterocycles. The molecule has 118 valence electrons. The number of hydrogen-bond acceptors (Lipinski definition) is 6. The summed E-state index contributed by atoms with van der Waals surface area (Å²) in [5, 5.41) is 21.9. The van der Waals surface area contributed by atoms with Gasteiger partial charge in [-0.05, 0) is 32.6 Å². The van der Waals surface area contributed by atoms with Crippen molar-refractivity contribution in [2.75, 3.05) is 0 Å². The van der Waals surface area contributed by atoms with E-state index in [1.54, 1.807) is 0 Å². The zero-order valence-corrected chi connectivity index (χ0v) is 12.1. The zero-order chi connectivity index (χ0) is 16.3. The molecule has 1 aromatic carbocycles. The summed E-state index contributed by atoms with van der Waals surface area (Å²) in [6.45, 7) is 1.39. The maximum absolute atomic E-state index is 12.2. The maximum atomic E-state index is 12.2. The van der Waals surface area contributed by atoms with Crippen molar-refractivity contribution in [1.82, 2.24) is 0 Å². The van der Waals surface area contributed by atoms with Crippen molar-refractivity contribution in [2.24, 2.45) is 0 Å². The summed E-state index contributed by atoms with van der Waals surface area (Å²) in [6.07, 6.45) is 4.30. The summed E-state index contributed by atoms with van der Waals surface area (Å²) >= 11 is 0. The van der Waals surface area contributed by atoms with E-state index in [-0.39, 0.29) is 17.2 Å². The molecule has 2 rings (SSSR count). The highest BCUT2D eigenvalue weighted by Crippen LogP contribution is 2.29. The minimum Gasteiger partial charge on any atom is -0.459 e. The lowest BCUT2D eigenvalue weighted by molar-refractivity contribution is -0.394. The molecule has 0 radical (unpaired) electrons. The molecule has 8 heteroatoms. The number of nitrogens with zero attached hydrogens (tertiary/aromatic N) is 2. The van der Waals surface area contributed by atoms with E-state index in [2.05, 4.69) is 0 Å². The molecule has 0 heterocycles. The largest absolute Gasteiger partial charge is 0.459 e. The van der Waals surface area contributed by atoms with E-state index in [1.807, 2.05) is 0 Å². The smallest absolute Gasteiger partial charge is 0.339 e. The topological polar surface area (TPSA) is 113 Å². The Morgan fingerprint density at radius 1 is 1.14 bits per heavy atom. The number of nitro groups is 2. The lowest BCUT2D eigenvalue weighted by Gasteiger charge is -2.22. The van der Waals surface area contributed by atoms with E-state index < -0.39 is 27.2 Å². The average molecular weight is 308 g/mol. The van der Waals surface area contributed by atoms with Crippen LogP contribution in [0.1, 0.15) is 48.0 Å². The lowest BCUT2D eigenvalue weighted by Crippen LogP contribution is -2.21. The third-order valence-corrected chi connectivity index (χ3v) is 3.82. The van der Waals surface area contributed by atoms with Crippen LogP contribution < -0.4 is 0 Å². The number of carbonyl (C=O) groups excluding carboxylic acids is 1. The zero-order valence-electron chi connectivity index (χ0n) is 12.1. The molecule has 0 aromatic heterocycles. The summed E-state index contributed by atoms with van der Waals surface area (Å²) in [6, 6.07) is 1.89. The summed E-state index contributed by atoms with van der Waals surface area (Å²) < 4.78 is 5.34. The first-order chi connectivity index (χ1) is 10.4. The highest BCUT2D eigenvalue weighted by atomic mass is 16.6. The van der Waals surface area contributed by atoms with Crippen LogP contribution in [0.5, 0.6) is 0 Å². The standard InChI is InChI=1S/C14H16N2O6/c1-9-12(14(17)22-11-5-3-2-4-6-11)7-10(15(18)19)8-13(9)16(20)21/h7-8,11H,2-6H2,1H3. The highest BCUT2D eigenvalue weighted by Gasteiger charge is 2.27. The van der Waals surface area contributed by atoms with E-state index in [0.717, 1.165) is 44.2 Å². The van der Waals surface area contributed by atoms with E-state index in [9.17, 15) is 25.0 Å². The third kappa shape index (κ3) is 3.38. The SMILES string of the molecule is Cc1c(C(=O)OC2CCCCC2)cc([N+](=O)[O-])cc1[N+](=O)[O-]. The number of benzene rings is 1. The number of non-ortho nitro benzene ring substituents is 1. The molecule has 1 saturated carbocycles. The van der Waals surface area contributed by atoms with Gasteiger partial charge in [0.05, 0.1) is 21.5 Å². The second-order valence-electron chi connectivity index (χ2n) is 5.32. The quantitative estimate of drug-likeness (QED) is 0.479. The molecule has 0 bridgehead atoms. The van der Waals surface area contributed by atoms with Gasteiger partial charge in [0, 0.05) is 11.6 Å². The van der Waals surface area contributed by atoms with Crippen molar-refractivity contribution >= 4 is 17.3 Å². The fourth-order valence-electron chi connectivity index (χ4n) is 2.59. The Kier molecular flexibility index (Phi) is 4.69. The minimum absolute atomic E-state index is 0.0800. The first kappa shape index (κ1) is 15.9.